The minimum Gasteiger partial charge on any atom is -0.491 e. The van der Waals surface area contributed by atoms with Crippen molar-refractivity contribution in [1.29, 1.82) is 0 Å². The molecule has 0 fully saturated rings. The van der Waals surface area contributed by atoms with Crippen LogP contribution in [0.4, 0.5) is 10.8 Å². The molecule has 1 aromatic heterocycles. The van der Waals surface area contributed by atoms with Gasteiger partial charge in [0.15, 0.2) is 5.13 Å². The van der Waals surface area contributed by atoms with Crippen LogP contribution in [0.5, 0.6) is 5.75 Å². The van der Waals surface area contributed by atoms with Crippen LogP contribution < -0.4 is 15.0 Å². The zero-order valence-electron chi connectivity index (χ0n) is 12.3. The molecular weight excluding hydrogens is 282 g/mol. The summed E-state index contributed by atoms with van der Waals surface area (Å²) in [6.45, 7) is 5.85. The van der Waals surface area contributed by atoms with Crippen molar-refractivity contribution in [2.75, 3.05) is 29.9 Å². The second-order valence-corrected chi connectivity index (χ2v) is 6.26. The molecule has 4 nitrogen and oxygen atoms in total. The molecular formula is C16H21N3OS. The average molecular weight is 303 g/mol. The third-order valence-corrected chi connectivity index (χ3v) is 4.40. The summed E-state index contributed by atoms with van der Waals surface area (Å²) in [4.78, 5) is 8.12. The number of ether oxygens (including phenoxy) is 1. The summed E-state index contributed by atoms with van der Waals surface area (Å²) in [5.41, 5.74) is 1.19. The quantitative estimate of drug-likeness (QED) is 0.912. The summed E-state index contributed by atoms with van der Waals surface area (Å²) in [5, 5.41) is 4.37. The van der Waals surface area contributed by atoms with Crippen LogP contribution in [0.2, 0.25) is 0 Å². The molecule has 1 N–H and O–H groups in total. The maximum atomic E-state index is 5.81. The van der Waals surface area contributed by atoms with Gasteiger partial charge in [-0.2, -0.15) is 0 Å². The van der Waals surface area contributed by atoms with Crippen molar-refractivity contribution < 1.29 is 4.74 Å². The Morgan fingerprint density at radius 3 is 3.19 bits per heavy atom. The van der Waals surface area contributed by atoms with E-state index in [0.29, 0.717) is 0 Å². The number of thiazole rings is 1. The minimum absolute atomic E-state index is 0.791. The lowest BCUT2D eigenvalue weighted by molar-refractivity contribution is 0.322. The lowest BCUT2D eigenvalue weighted by atomic mass is 10.2. The Hall–Kier alpha value is -1.75. The van der Waals surface area contributed by atoms with Crippen LogP contribution in [0, 0.1) is 0 Å². The molecule has 0 unspecified atom stereocenters. The van der Waals surface area contributed by atoms with E-state index in [1.165, 1.54) is 10.6 Å². The predicted molar refractivity (Wildman–Crippen MR) is 88.5 cm³/mol. The van der Waals surface area contributed by atoms with Crippen LogP contribution in [0.1, 0.15) is 24.6 Å². The van der Waals surface area contributed by atoms with Crippen molar-refractivity contribution in [3.63, 3.8) is 0 Å². The Morgan fingerprint density at radius 1 is 1.38 bits per heavy atom. The molecule has 0 aliphatic carbocycles. The highest BCUT2D eigenvalue weighted by molar-refractivity contribution is 7.15. The number of nitrogens with zero attached hydrogens (tertiary/aromatic N) is 2. The lowest BCUT2D eigenvalue weighted by Gasteiger charge is -2.22. The molecule has 0 radical (unpaired) electrons. The fourth-order valence-electron chi connectivity index (χ4n) is 2.45. The molecule has 2 heterocycles. The molecule has 0 bridgehead atoms. The first-order valence-electron chi connectivity index (χ1n) is 7.52. The molecule has 1 aromatic carbocycles. The summed E-state index contributed by atoms with van der Waals surface area (Å²) < 4.78 is 5.81. The number of benzene rings is 1. The Bertz CT molecular complexity index is 584. The van der Waals surface area contributed by atoms with Gasteiger partial charge in [-0.1, -0.05) is 19.1 Å². The van der Waals surface area contributed by atoms with Crippen molar-refractivity contribution >= 4 is 22.2 Å². The first-order valence-corrected chi connectivity index (χ1v) is 8.34. The number of fused-ring (bicyclic) bond motifs is 1. The van der Waals surface area contributed by atoms with Gasteiger partial charge in [-0.25, -0.2) is 4.98 Å². The topological polar surface area (TPSA) is 37.4 Å². The standard InChI is InChI=1S/C16H21N3OS/c1-2-8-17-16-18-11-13(21-16)12-19-9-5-10-20-15-7-4-3-6-14(15)19/h3-4,6-7,11H,2,5,8-10,12H2,1H3,(H,17,18). The predicted octanol–water partition coefficient (Wildman–Crippen LogP) is 3.75. The van der Waals surface area contributed by atoms with Gasteiger partial charge in [-0.3, -0.25) is 0 Å². The second-order valence-electron chi connectivity index (χ2n) is 5.15. The second kappa shape index (κ2) is 6.80. The molecule has 1 aliphatic heterocycles. The molecule has 0 atom stereocenters. The highest BCUT2D eigenvalue weighted by atomic mass is 32.1. The van der Waals surface area contributed by atoms with Gasteiger partial charge in [0.1, 0.15) is 5.75 Å². The van der Waals surface area contributed by atoms with Gasteiger partial charge in [0.2, 0.25) is 0 Å². The van der Waals surface area contributed by atoms with Crippen LogP contribution >= 0.6 is 11.3 Å². The number of anilines is 2. The zero-order valence-corrected chi connectivity index (χ0v) is 13.2. The van der Waals surface area contributed by atoms with E-state index in [1.807, 2.05) is 12.3 Å². The summed E-state index contributed by atoms with van der Waals surface area (Å²) in [5.74, 6) is 0.990. The van der Waals surface area contributed by atoms with Crippen molar-refractivity contribution in [3.8, 4) is 5.75 Å². The van der Waals surface area contributed by atoms with E-state index in [2.05, 4.69) is 40.3 Å². The largest absolute Gasteiger partial charge is 0.491 e. The van der Waals surface area contributed by atoms with Gasteiger partial charge < -0.3 is 15.0 Å². The molecule has 3 rings (SSSR count). The summed E-state index contributed by atoms with van der Waals surface area (Å²) in [7, 11) is 0. The number of aromatic nitrogens is 1. The Morgan fingerprint density at radius 2 is 2.29 bits per heavy atom. The van der Waals surface area contributed by atoms with E-state index in [1.54, 1.807) is 11.3 Å². The molecule has 0 spiro atoms. The fraction of sp³-hybridized carbons (Fsp3) is 0.438. The summed E-state index contributed by atoms with van der Waals surface area (Å²) >= 11 is 1.74. The smallest absolute Gasteiger partial charge is 0.182 e. The molecule has 1 aliphatic rings. The number of hydrogen-bond donors (Lipinski definition) is 1. The average Bonchev–Trinajstić information content (AvgIpc) is 2.86. The Balaban J connectivity index is 1.73. The van der Waals surface area contributed by atoms with E-state index in [4.69, 9.17) is 4.74 Å². The van der Waals surface area contributed by atoms with Gasteiger partial charge in [-0.05, 0) is 25.0 Å². The van der Waals surface area contributed by atoms with Crippen LogP contribution in [0.25, 0.3) is 0 Å². The van der Waals surface area contributed by atoms with Crippen molar-refractivity contribution in [2.24, 2.45) is 0 Å². The Labute approximate surface area is 129 Å². The third kappa shape index (κ3) is 3.47. The van der Waals surface area contributed by atoms with Crippen LogP contribution in [0.15, 0.2) is 30.5 Å². The molecule has 112 valence electrons. The molecule has 5 heteroatoms. The van der Waals surface area contributed by atoms with Crippen LogP contribution in [-0.4, -0.2) is 24.7 Å². The van der Waals surface area contributed by atoms with Gasteiger partial charge in [0.25, 0.3) is 0 Å². The van der Waals surface area contributed by atoms with Crippen molar-refractivity contribution in [2.45, 2.75) is 26.3 Å². The number of para-hydroxylation sites is 2. The lowest BCUT2D eigenvalue weighted by Crippen LogP contribution is -2.22. The van der Waals surface area contributed by atoms with Gasteiger partial charge in [0.05, 0.1) is 18.8 Å². The van der Waals surface area contributed by atoms with E-state index in [9.17, 15) is 0 Å². The first kappa shape index (κ1) is 14.2. The third-order valence-electron chi connectivity index (χ3n) is 3.46. The van der Waals surface area contributed by atoms with Crippen LogP contribution in [0.3, 0.4) is 0 Å². The molecule has 0 saturated heterocycles. The zero-order chi connectivity index (χ0) is 14.5. The van der Waals surface area contributed by atoms with Gasteiger partial charge >= 0.3 is 0 Å². The van der Waals surface area contributed by atoms with E-state index < -0.39 is 0 Å². The van der Waals surface area contributed by atoms with Crippen molar-refractivity contribution in [1.82, 2.24) is 4.98 Å². The highest BCUT2D eigenvalue weighted by Crippen LogP contribution is 2.32. The SMILES string of the molecule is CCCNc1ncc(CN2CCCOc3ccccc32)s1. The molecule has 0 saturated carbocycles. The maximum Gasteiger partial charge on any atom is 0.182 e. The van der Waals surface area contributed by atoms with E-state index in [0.717, 1.165) is 50.0 Å². The monoisotopic (exact) mass is 303 g/mol. The number of nitrogens with one attached hydrogen (secondary N) is 1. The normalized spacial score (nSPS) is 14.2. The molecule has 0 amide bonds. The van der Waals surface area contributed by atoms with E-state index >= 15 is 0 Å². The number of rotatable bonds is 5. The summed E-state index contributed by atoms with van der Waals surface area (Å²) in [6, 6.07) is 8.29. The van der Waals surface area contributed by atoms with E-state index in [-0.39, 0.29) is 0 Å². The molecule has 2 aromatic rings. The van der Waals surface area contributed by atoms with Gasteiger partial charge in [0, 0.05) is 24.2 Å². The van der Waals surface area contributed by atoms with Crippen molar-refractivity contribution in [3.05, 3.63) is 35.3 Å². The Kier molecular flexibility index (Phi) is 4.60. The maximum absolute atomic E-state index is 5.81. The first-order chi connectivity index (χ1) is 10.4. The highest BCUT2D eigenvalue weighted by Gasteiger charge is 2.17. The summed E-state index contributed by atoms with van der Waals surface area (Å²) in [6.07, 6.45) is 4.15. The van der Waals surface area contributed by atoms with Crippen LogP contribution in [-0.2, 0) is 6.54 Å². The fourth-order valence-corrected chi connectivity index (χ4v) is 3.30. The molecule has 21 heavy (non-hydrogen) atoms. The minimum atomic E-state index is 0.791. The van der Waals surface area contributed by atoms with Gasteiger partial charge in [-0.15, -0.1) is 11.3 Å². The number of hydrogen-bond acceptors (Lipinski definition) is 5.